The average Bonchev–Trinajstić information content (AvgIpc) is 2.71. The monoisotopic (exact) mass is 299 g/mol. The van der Waals surface area contributed by atoms with E-state index in [4.69, 9.17) is 5.73 Å². The van der Waals surface area contributed by atoms with E-state index < -0.39 is 35.2 Å². The summed E-state index contributed by atoms with van der Waals surface area (Å²) in [5, 5.41) is 3.64. The largest absolute Gasteiger partial charge is 0.399 e. The number of halogens is 4. The third-order valence-corrected chi connectivity index (χ3v) is 2.98. The summed E-state index contributed by atoms with van der Waals surface area (Å²) in [4.78, 5) is 0. The third-order valence-electron chi connectivity index (χ3n) is 2.98. The van der Waals surface area contributed by atoms with Gasteiger partial charge in [-0.2, -0.15) is 13.9 Å². The van der Waals surface area contributed by atoms with Crippen LogP contribution in [0.2, 0.25) is 0 Å². The molecule has 2 aromatic rings. The Balaban J connectivity index is 2.57. The van der Waals surface area contributed by atoms with E-state index in [1.54, 1.807) is 0 Å². The van der Waals surface area contributed by atoms with Crippen LogP contribution in [0, 0.1) is 11.6 Å². The van der Waals surface area contributed by atoms with Crippen LogP contribution in [0.4, 0.5) is 23.2 Å². The number of rotatable bonds is 4. The van der Waals surface area contributed by atoms with Crippen molar-refractivity contribution < 1.29 is 17.6 Å². The number of benzene rings is 1. The number of alkyl halides is 2. The zero-order valence-electron chi connectivity index (χ0n) is 11.2. The maximum atomic E-state index is 13.9. The van der Waals surface area contributed by atoms with E-state index in [1.165, 1.54) is 7.05 Å². The summed E-state index contributed by atoms with van der Waals surface area (Å²) < 4.78 is 56.3. The third kappa shape index (κ3) is 2.76. The van der Waals surface area contributed by atoms with Crippen LogP contribution in [0.1, 0.15) is 12.1 Å². The van der Waals surface area contributed by atoms with E-state index in [9.17, 15) is 17.6 Å². The molecule has 0 aliphatic heterocycles. The number of nitrogens with two attached hydrogens (primary N) is 1. The minimum absolute atomic E-state index is 0.0897. The maximum absolute atomic E-state index is 13.9. The molecular weight excluding hydrogens is 286 g/mol. The smallest absolute Gasteiger partial charge is 0.294 e. The average molecular weight is 299 g/mol. The molecule has 0 unspecified atom stereocenters. The molecule has 0 fully saturated rings. The number of allylic oxidation sites excluding steroid dienone is 1. The van der Waals surface area contributed by atoms with Gasteiger partial charge in [0.2, 0.25) is 0 Å². The molecule has 0 saturated heterocycles. The molecule has 0 atom stereocenters. The second-order valence-electron chi connectivity index (χ2n) is 4.60. The summed E-state index contributed by atoms with van der Waals surface area (Å²) in [6.45, 7) is 3.25. The van der Waals surface area contributed by atoms with Gasteiger partial charge in [0, 0.05) is 19.2 Å². The van der Waals surface area contributed by atoms with Gasteiger partial charge in [-0.3, -0.25) is 4.68 Å². The second kappa shape index (κ2) is 5.23. The molecule has 112 valence electrons. The molecule has 7 heteroatoms. The Morgan fingerprint density at radius 1 is 1.29 bits per heavy atom. The number of nitrogen functional groups attached to an aromatic ring is 1. The Morgan fingerprint density at radius 3 is 2.38 bits per heavy atom. The highest BCUT2D eigenvalue weighted by atomic mass is 19.3. The zero-order valence-corrected chi connectivity index (χ0v) is 11.2. The predicted molar refractivity (Wildman–Crippen MR) is 71.7 cm³/mol. The van der Waals surface area contributed by atoms with Crippen molar-refractivity contribution in [3.63, 3.8) is 0 Å². The lowest BCUT2D eigenvalue weighted by Crippen LogP contribution is -2.13. The molecule has 0 aliphatic rings. The first kappa shape index (κ1) is 15.1. The molecule has 1 heterocycles. The summed E-state index contributed by atoms with van der Waals surface area (Å²) in [5.41, 5.74) is 4.12. The summed E-state index contributed by atoms with van der Waals surface area (Å²) in [5.74, 6) is -5.12. The Hall–Kier alpha value is -2.31. The van der Waals surface area contributed by atoms with E-state index in [0.29, 0.717) is 0 Å². The first-order valence-electron chi connectivity index (χ1n) is 6.04. The molecule has 0 spiro atoms. The van der Waals surface area contributed by atoms with Crippen LogP contribution in [0.5, 0.6) is 0 Å². The normalized spacial score (nSPS) is 11.7. The van der Waals surface area contributed by atoms with E-state index in [-0.39, 0.29) is 11.4 Å². The van der Waals surface area contributed by atoms with Gasteiger partial charge >= 0.3 is 0 Å². The maximum Gasteiger partial charge on any atom is 0.294 e. The van der Waals surface area contributed by atoms with Crippen molar-refractivity contribution in [3.05, 3.63) is 48.2 Å². The molecule has 3 nitrogen and oxygen atoms in total. The lowest BCUT2D eigenvalue weighted by atomic mass is 10.1. The predicted octanol–water partition coefficient (Wildman–Crippen LogP) is 3.62. The number of nitrogens with zero attached hydrogens (tertiary/aromatic N) is 2. The zero-order chi connectivity index (χ0) is 15.8. The number of hydrogen-bond donors (Lipinski definition) is 1. The van der Waals surface area contributed by atoms with Gasteiger partial charge in [-0.05, 0) is 18.2 Å². The van der Waals surface area contributed by atoms with Crippen LogP contribution in [0.15, 0.2) is 30.9 Å². The SMILES string of the molecule is C=CCC(F)(F)c1cc(-c2c(F)cc(N)cc2F)n(C)n1. The van der Waals surface area contributed by atoms with Gasteiger partial charge in [0.25, 0.3) is 5.92 Å². The van der Waals surface area contributed by atoms with Crippen molar-refractivity contribution in [3.8, 4) is 11.3 Å². The van der Waals surface area contributed by atoms with Crippen molar-refractivity contribution in [1.29, 1.82) is 0 Å². The molecule has 0 saturated carbocycles. The van der Waals surface area contributed by atoms with Crippen molar-refractivity contribution in [2.24, 2.45) is 7.05 Å². The second-order valence-corrected chi connectivity index (χ2v) is 4.60. The molecular formula is C14H13F4N3. The molecule has 0 radical (unpaired) electrons. The fraction of sp³-hybridized carbons (Fsp3) is 0.214. The van der Waals surface area contributed by atoms with Gasteiger partial charge in [0.05, 0.1) is 11.3 Å². The summed E-state index contributed by atoms with van der Waals surface area (Å²) >= 11 is 0. The standard InChI is InChI=1S/C14H13F4N3/c1-3-4-14(17,18)12-7-11(21(2)20-12)13-9(15)5-8(19)6-10(13)16/h3,5-7H,1,4,19H2,2H3. The highest BCUT2D eigenvalue weighted by Crippen LogP contribution is 2.35. The fourth-order valence-corrected chi connectivity index (χ4v) is 2.00. The lowest BCUT2D eigenvalue weighted by molar-refractivity contribution is -0.00591. The molecule has 0 aliphatic carbocycles. The number of anilines is 1. The summed E-state index contributed by atoms with van der Waals surface area (Å²) in [6, 6.07) is 2.81. The molecule has 1 aromatic carbocycles. The van der Waals surface area contributed by atoms with Gasteiger partial charge in [-0.1, -0.05) is 6.08 Å². The lowest BCUT2D eigenvalue weighted by Gasteiger charge is -2.09. The number of aromatic nitrogens is 2. The highest BCUT2D eigenvalue weighted by molar-refractivity contribution is 5.64. The van der Waals surface area contributed by atoms with Crippen LogP contribution in [0.3, 0.4) is 0 Å². The van der Waals surface area contributed by atoms with Crippen LogP contribution in [0.25, 0.3) is 11.3 Å². The summed E-state index contributed by atoms with van der Waals surface area (Å²) in [7, 11) is 1.33. The fourth-order valence-electron chi connectivity index (χ4n) is 2.00. The number of hydrogen-bond acceptors (Lipinski definition) is 2. The molecule has 21 heavy (non-hydrogen) atoms. The van der Waals surface area contributed by atoms with Crippen LogP contribution in [-0.2, 0) is 13.0 Å². The Morgan fingerprint density at radius 2 is 1.86 bits per heavy atom. The van der Waals surface area contributed by atoms with Gasteiger partial charge in [-0.15, -0.1) is 6.58 Å². The van der Waals surface area contributed by atoms with E-state index >= 15 is 0 Å². The van der Waals surface area contributed by atoms with Gasteiger partial charge in [0.15, 0.2) is 0 Å². The Kier molecular flexibility index (Phi) is 3.76. The molecule has 0 amide bonds. The first-order chi connectivity index (χ1) is 9.76. The van der Waals surface area contributed by atoms with E-state index in [1.807, 2.05) is 0 Å². The quantitative estimate of drug-likeness (QED) is 0.532. The molecule has 1 aromatic heterocycles. The van der Waals surface area contributed by atoms with Crippen LogP contribution >= 0.6 is 0 Å². The molecule has 2 rings (SSSR count). The van der Waals surface area contributed by atoms with Gasteiger partial charge in [-0.25, -0.2) is 8.78 Å². The first-order valence-corrected chi connectivity index (χ1v) is 6.04. The highest BCUT2D eigenvalue weighted by Gasteiger charge is 2.34. The molecule has 2 N–H and O–H groups in total. The van der Waals surface area contributed by atoms with E-state index in [0.717, 1.165) is 29.0 Å². The van der Waals surface area contributed by atoms with Gasteiger partial charge in [0.1, 0.15) is 17.3 Å². The van der Waals surface area contributed by atoms with Crippen molar-refractivity contribution in [1.82, 2.24) is 9.78 Å². The van der Waals surface area contributed by atoms with Crippen molar-refractivity contribution >= 4 is 5.69 Å². The van der Waals surface area contributed by atoms with Gasteiger partial charge < -0.3 is 5.73 Å². The minimum atomic E-state index is -3.25. The summed E-state index contributed by atoms with van der Waals surface area (Å²) in [6.07, 6.45) is 0.439. The number of aryl methyl sites for hydroxylation is 1. The minimum Gasteiger partial charge on any atom is -0.399 e. The van der Waals surface area contributed by atoms with Crippen molar-refractivity contribution in [2.45, 2.75) is 12.3 Å². The van der Waals surface area contributed by atoms with E-state index in [2.05, 4.69) is 11.7 Å². The van der Waals surface area contributed by atoms with Crippen LogP contribution < -0.4 is 5.73 Å². The topological polar surface area (TPSA) is 43.8 Å². The molecule has 0 bridgehead atoms. The van der Waals surface area contributed by atoms with Crippen LogP contribution in [-0.4, -0.2) is 9.78 Å². The Bertz CT molecular complexity index is 669. The van der Waals surface area contributed by atoms with Crippen molar-refractivity contribution in [2.75, 3.05) is 5.73 Å². The Labute approximate surface area is 118 Å².